The second-order valence-electron chi connectivity index (χ2n) is 1.22. The van der Waals surface area contributed by atoms with Crippen LogP contribution in [-0.2, 0) is 21.6 Å². The van der Waals surface area contributed by atoms with Gasteiger partial charge in [0.05, 0.1) is 0 Å². The van der Waals surface area contributed by atoms with Crippen molar-refractivity contribution in [1.29, 1.82) is 0 Å². The molecule has 0 spiro atoms. The second kappa shape index (κ2) is 7.46. The number of rotatable bonds is 2. The van der Waals surface area contributed by atoms with Crippen LogP contribution >= 0.6 is 0 Å². The Bertz CT molecular complexity index is 127. The van der Waals surface area contributed by atoms with Crippen LogP contribution in [0.1, 0.15) is 6.92 Å². The van der Waals surface area contributed by atoms with Crippen molar-refractivity contribution in [2.24, 2.45) is 0 Å². The summed E-state index contributed by atoms with van der Waals surface area (Å²) in [6.45, 7) is 1.83. The Morgan fingerprint density at radius 3 is 2.33 bits per heavy atom. The molecule has 0 saturated heterocycles. The summed E-state index contributed by atoms with van der Waals surface area (Å²) in [6, 6.07) is 0. The fraction of sp³-hybridized carbons (Fsp3) is 0.167. The monoisotopic (exact) mass is 171 g/mol. The molecule has 3 heteroatoms. The molecule has 0 fully saturated rings. The quantitative estimate of drug-likeness (QED) is 0.500. The predicted molar refractivity (Wildman–Crippen MR) is 31.6 cm³/mol. The van der Waals surface area contributed by atoms with Crippen molar-refractivity contribution < 1.29 is 26.7 Å². The van der Waals surface area contributed by atoms with Gasteiger partial charge in [-0.15, -0.1) is 0 Å². The zero-order valence-corrected chi connectivity index (χ0v) is 6.04. The van der Waals surface area contributed by atoms with Crippen LogP contribution in [0, 0.1) is 0 Å². The van der Waals surface area contributed by atoms with Gasteiger partial charge in [-0.2, -0.15) is 0 Å². The maximum atomic E-state index is 9.75. The Morgan fingerprint density at radius 1 is 1.44 bits per heavy atom. The summed E-state index contributed by atoms with van der Waals surface area (Å²) in [4.78, 5) is 9.75. The summed E-state index contributed by atoms with van der Waals surface area (Å²) < 4.78 is 0. The first kappa shape index (κ1) is 11.3. The van der Waals surface area contributed by atoms with Crippen molar-refractivity contribution >= 4 is 5.97 Å². The molecule has 9 heavy (non-hydrogen) atoms. The van der Waals surface area contributed by atoms with Crippen LogP contribution in [0.2, 0.25) is 0 Å². The average molecular weight is 171 g/mol. The molecule has 0 aliphatic heterocycles. The van der Waals surface area contributed by atoms with E-state index in [4.69, 9.17) is 5.11 Å². The van der Waals surface area contributed by atoms with Crippen LogP contribution in [0.3, 0.4) is 0 Å². The van der Waals surface area contributed by atoms with Gasteiger partial charge in [-0.05, 0) is 6.92 Å². The van der Waals surface area contributed by atoms with E-state index in [0.717, 1.165) is 6.08 Å². The van der Waals surface area contributed by atoms with Gasteiger partial charge in [-0.1, -0.05) is 18.2 Å². The van der Waals surface area contributed by atoms with E-state index in [2.05, 4.69) is 0 Å². The Labute approximate surface area is 64.5 Å². The molecule has 0 aliphatic rings. The first-order valence-corrected chi connectivity index (χ1v) is 2.29. The summed E-state index contributed by atoms with van der Waals surface area (Å²) in [6.07, 6.45) is 5.98. The molecule has 0 saturated carbocycles. The van der Waals surface area contributed by atoms with Gasteiger partial charge in [0.25, 0.3) is 0 Å². The molecule has 0 aliphatic carbocycles. The minimum Gasteiger partial charge on any atom is -0.478 e. The average Bonchev–Trinajstić information content (AvgIpc) is 1.66. The maximum absolute atomic E-state index is 9.75. The van der Waals surface area contributed by atoms with E-state index in [1.807, 2.05) is 6.92 Å². The molecule has 0 aromatic rings. The molecular weight excluding hydrogens is 163 g/mol. The molecule has 0 rings (SSSR count). The van der Waals surface area contributed by atoms with E-state index < -0.39 is 5.97 Å². The molecule has 0 aromatic carbocycles. The number of carbonyl (C=O) groups is 1. The summed E-state index contributed by atoms with van der Waals surface area (Å²) >= 11 is 0. The van der Waals surface area contributed by atoms with Crippen molar-refractivity contribution in [2.45, 2.75) is 6.92 Å². The number of hydrogen-bond donors (Lipinski definition) is 1. The van der Waals surface area contributed by atoms with E-state index in [0.29, 0.717) is 0 Å². The normalized spacial score (nSPS) is 9.89. The first-order chi connectivity index (χ1) is 3.77. The topological polar surface area (TPSA) is 37.3 Å². The molecule has 0 bridgehead atoms. The number of hydrogen-bond acceptors (Lipinski definition) is 1. The largest absolute Gasteiger partial charge is 0.478 e. The number of allylic oxidation sites excluding steroid dienone is 3. The van der Waals surface area contributed by atoms with Gasteiger partial charge >= 0.3 is 5.97 Å². The predicted octanol–water partition coefficient (Wildman–Crippen LogP) is 1.20. The van der Waals surface area contributed by atoms with Crippen LogP contribution in [0.5, 0.6) is 0 Å². The van der Waals surface area contributed by atoms with Gasteiger partial charge in [0.1, 0.15) is 0 Å². The third-order valence-corrected chi connectivity index (χ3v) is 0.542. The zero-order chi connectivity index (χ0) is 6.41. The van der Waals surface area contributed by atoms with E-state index in [1.165, 1.54) is 6.08 Å². The van der Waals surface area contributed by atoms with E-state index >= 15 is 0 Å². The van der Waals surface area contributed by atoms with Crippen LogP contribution in [0.15, 0.2) is 24.3 Å². The van der Waals surface area contributed by atoms with Crippen LogP contribution < -0.4 is 0 Å². The van der Waals surface area contributed by atoms with Gasteiger partial charge in [0.2, 0.25) is 0 Å². The van der Waals surface area contributed by atoms with Crippen molar-refractivity contribution in [3.63, 3.8) is 0 Å². The van der Waals surface area contributed by atoms with Crippen molar-refractivity contribution in [1.82, 2.24) is 0 Å². The molecule has 2 nitrogen and oxygen atoms in total. The molecule has 0 unspecified atom stereocenters. The summed E-state index contributed by atoms with van der Waals surface area (Å²) in [5.41, 5.74) is 0. The molecule has 0 amide bonds. The van der Waals surface area contributed by atoms with Crippen molar-refractivity contribution in [2.75, 3.05) is 0 Å². The minimum atomic E-state index is -0.914. The fourth-order valence-corrected chi connectivity index (χ4v) is 0.249. The second-order valence-corrected chi connectivity index (χ2v) is 1.22. The van der Waals surface area contributed by atoms with Gasteiger partial charge in [0, 0.05) is 22.9 Å². The smallest absolute Gasteiger partial charge is 0.328 e. The zero-order valence-electron chi connectivity index (χ0n) is 5.00. The minimum absolute atomic E-state index is 0. The summed E-state index contributed by atoms with van der Waals surface area (Å²) in [5, 5.41) is 8.02. The van der Waals surface area contributed by atoms with Crippen LogP contribution in [0.4, 0.5) is 0 Å². The third kappa shape index (κ3) is 11.2. The molecular formula is C6H8CoO2. The third-order valence-electron chi connectivity index (χ3n) is 0.542. The fourth-order valence-electron chi connectivity index (χ4n) is 0.249. The molecule has 0 heterocycles. The standard InChI is InChI=1S/C6H8O2.Co/c1-2-3-4-5-6(7)8;/h2-5H,1H3,(H,7,8);/b3-2+,5-4+;. The molecule has 53 valence electrons. The first-order valence-electron chi connectivity index (χ1n) is 2.29. The molecule has 0 atom stereocenters. The van der Waals surface area contributed by atoms with Gasteiger partial charge in [-0.25, -0.2) is 4.79 Å². The van der Waals surface area contributed by atoms with Gasteiger partial charge in [-0.3, -0.25) is 0 Å². The van der Waals surface area contributed by atoms with Crippen molar-refractivity contribution in [3.8, 4) is 0 Å². The Kier molecular flexibility index (Phi) is 9.34. The van der Waals surface area contributed by atoms with E-state index in [9.17, 15) is 4.79 Å². The number of aliphatic carboxylic acids is 1. The Balaban J connectivity index is 0. The molecule has 1 radical (unpaired) electrons. The van der Waals surface area contributed by atoms with Crippen LogP contribution in [-0.4, -0.2) is 11.1 Å². The maximum Gasteiger partial charge on any atom is 0.328 e. The number of carboxylic acid groups (broad SMARTS) is 1. The Hall–Kier alpha value is -0.544. The SMILES string of the molecule is C/C=C/C=C/C(=O)O.[Co]. The van der Waals surface area contributed by atoms with E-state index in [-0.39, 0.29) is 16.8 Å². The molecule has 0 aromatic heterocycles. The van der Waals surface area contributed by atoms with Crippen molar-refractivity contribution in [3.05, 3.63) is 24.3 Å². The summed E-state index contributed by atoms with van der Waals surface area (Å²) in [5.74, 6) is -0.914. The van der Waals surface area contributed by atoms with E-state index in [1.54, 1.807) is 12.2 Å². The van der Waals surface area contributed by atoms with Gasteiger partial charge in [0.15, 0.2) is 0 Å². The van der Waals surface area contributed by atoms with Gasteiger partial charge < -0.3 is 5.11 Å². The van der Waals surface area contributed by atoms with Crippen LogP contribution in [0.25, 0.3) is 0 Å². The molecule has 1 N–H and O–H groups in total. The summed E-state index contributed by atoms with van der Waals surface area (Å²) in [7, 11) is 0. The Morgan fingerprint density at radius 2 is 2.00 bits per heavy atom. The number of carboxylic acids is 1.